The minimum Gasteiger partial charge on any atom is -0.393 e. The molecule has 0 aromatic heterocycles. The van der Waals surface area contributed by atoms with Gasteiger partial charge in [0.2, 0.25) is 0 Å². The molecule has 1 saturated heterocycles. The standard InChI is InChI=1S/C10H18O2/c1-2-3-8(11)7-4-5-9-10(6-7)12-9/h7-11H,2-6H2,1H3. The Kier molecular flexibility index (Phi) is 2.37. The third-order valence-electron chi connectivity index (χ3n) is 3.17. The number of rotatable bonds is 3. The third-order valence-corrected chi connectivity index (χ3v) is 3.17. The lowest BCUT2D eigenvalue weighted by atomic mass is 9.84. The first kappa shape index (κ1) is 8.52. The quantitative estimate of drug-likeness (QED) is 0.654. The van der Waals surface area contributed by atoms with Crippen molar-refractivity contribution < 1.29 is 9.84 Å². The van der Waals surface area contributed by atoms with E-state index in [4.69, 9.17) is 4.74 Å². The van der Waals surface area contributed by atoms with Crippen LogP contribution in [0.1, 0.15) is 39.0 Å². The Hall–Kier alpha value is -0.0800. The molecule has 2 heteroatoms. The summed E-state index contributed by atoms with van der Waals surface area (Å²) >= 11 is 0. The second kappa shape index (κ2) is 3.35. The highest BCUT2D eigenvalue weighted by atomic mass is 16.6. The summed E-state index contributed by atoms with van der Waals surface area (Å²) in [5.74, 6) is 0.522. The van der Waals surface area contributed by atoms with Gasteiger partial charge in [0.25, 0.3) is 0 Å². The van der Waals surface area contributed by atoms with Crippen LogP contribution in [-0.4, -0.2) is 23.4 Å². The van der Waals surface area contributed by atoms with Crippen molar-refractivity contribution in [2.45, 2.75) is 57.3 Å². The van der Waals surface area contributed by atoms with Gasteiger partial charge in [-0.15, -0.1) is 0 Å². The van der Waals surface area contributed by atoms with Gasteiger partial charge in [-0.2, -0.15) is 0 Å². The Bertz CT molecular complexity index is 158. The van der Waals surface area contributed by atoms with Crippen LogP contribution in [0.25, 0.3) is 0 Å². The summed E-state index contributed by atoms with van der Waals surface area (Å²) in [6.45, 7) is 2.13. The number of epoxide rings is 1. The van der Waals surface area contributed by atoms with Crippen LogP contribution in [0.5, 0.6) is 0 Å². The highest BCUT2D eigenvalue weighted by molar-refractivity contribution is 4.93. The molecule has 1 N–H and O–H groups in total. The van der Waals surface area contributed by atoms with E-state index in [1.807, 2.05) is 0 Å². The first-order valence-electron chi connectivity index (χ1n) is 5.14. The maximum atomic E-state index is 9.75. The van der Waals surface area contributed by atoms with Gasteiger partial charge in [0.1, 0.15) is 0 Å². The van der Waals surface area contributed by atoms with E-state index in [1.165, 1.54) is 12.8 Å². The minimum absolute atomic E-state index is 0.0693. The Morgan fingerprint density at radius 2 is 2.25 bits per heavy atom. The van der Waals surface area contributed by atoms with E-state index >= 15 is 0 Å². The zero-order valence-corrected chi connectivity index (χ0v) is 7.70. The molecule has 1 aliphatic heterocycles. The van der Waals surface area contributed by atoms with E-state index in [1.54, 1.807) is 0 Å². The zero-order chi connectivity index (χ0) is 8.55. The van der Waals surface area contributed by atoms with Crippen molar-refractivity contribution in [3.8, 4) is 0 Å². The number of fused-ring (bicyclic) bond motifs is 1. The summed E-state index contributed by atoms with van der Waals surface area (Å²) in [6.07, 6.45) is 6.50. The average molecular weight is 170 g/mol. The Morgan fingerprint density at radius 1 is 1.42 bits per heavy atom. The van der Waals surface area contributed by atoms with Gasteiger partial charge in [-0.3, -0.25) is 0 Å². The molecule has 1 aliphatic carbocycles. The van der Waals surface area contributed by atoms with Crippen molar-refractivity contribution in [2.24, 2.45) is 5.92 Å². The first-order chi connectivity index (χ1) is 5.81. The smallest absolute Gasteiger partial charge is 0.0845 e. The molecule has 2 aliphatic rings. The van der Waals surface area contributed by atoms with Crippen molar-refractivity contribution in [1.29, 1.82) is 0 Å². The van der Waals surface area contributed by atoms with Gasteiger partial charge in [0.15, 0.2) is 0 Å². The molecule has 70 valence electrons. The fourth-order valence-electron chi connectivity index (χ4n) is 2.32. The highest BCUT2D eigenvalue weighted by Crippen LogP contribution is 2.41. The SMILES string of the molecule is CCCC(O)C1CCC2OC2C1. The minimum atomic E-state index is -0.0693. The molecule has 1 heterocycles. The zero-order valence-electron chi connectivity index (χ0n) is 7.70. The summed E-state index contributed by atoms with van der Waals surface area (Å²) in [5.41, 5.74) is 0. The molecule has 12 heavy (non-hydrogen) atoms. The second-order valence-corrected chi connectivity index (χ2v) is 4.14. The van der Waals surface area contributed by atoms with Crippen molar-refractivity contribution in [3.63, 3.8) is 0 Å². The molecular formula is C10H18O2. The van der Waals surface area contributed by atoms with Crippen LogP contribution in [0, 0.1) is 5.92 Å². The first-order valence-corrected chi connectivity index (χ1v) is 5.14. The summed E-state index contributed by atoms with van der Waals surface area (Å²) in [5, 5.41) is 9.75. The normalized spacial score (nSPS) is 42.0. The van der Waals surface area contributed by atoms with Crippen LogP contribution in [0.2, 0.25) is 0 Å². The van der Waals surface area contributed by atoms with Crippen LogP contribution in [0.4, 0.5) is 0 Å². The van der Waals surface area contributed by atoms with Crippen LogP contribution in [0.15, 0.2) is 0 Å². The molecule has 2 nitrogen and oxygen atoms in total. The summed E-state index contributed by atoms with van der Waals surface area (Å²) < 4.78 is 5.43. The Morgan fingerprint density at radius 3 is 2.92 bits per heavy atom. The monoisotopic (exact) mass is 170 g/mol. The number of aliphatic hydroxyl groups excluding tert-OH is 1. The van der Waals surface area contributed by atoms with E-state index in [0.29, 0.717) is 18.1 Å². The van der Waals surface area contributed by atoms with Gasteiger partial charge >= 0.3 is 0 Å². The lowest BCUT2D eigenvalue weighted by Crippen LogP contribution is -2.25. The van der Waals surface area contributed by atoms with Gasteiger partial charge in [-0.05, 0) is 31.6 Å². The van der Waals surface area contributed by atoms with Crippen LogP contribution in [-0.2, 0) is 4.74 Å². The molecule has 0 bridgehead atoms. The molecule has 4 unspecified atom stereocenters. The van der Waals surface area contributed by atoms with Gasteiger partial charge in [0.05, 0.1) is 18.3 Å². The molecule has 4 atom stereocenters. The molecule has 2 rings (SSSR count). The molecule has 0 aromatic carbocycles. The number of ether oxygens (including phenoxy) is 1. The van der Waals surface area contributed by atoms with Crippen LogP contribution < -0.4 is 0 Å². The molecule has 0 amide bonds. The molecule has 0 radical (unpaired) electrons. The largest absolute Gasteiger partial charge is 0.393 e. The maximum absolute atomic E-state index is 9.75. The lowest BCUT2D eigenvalue weighted by molar-refractivity contribution is 0.0807. The van der Waals surface area contributed by atoms with E-state index < -0.39 is 0 Å². The summed E-state index contributed by atoms with van der Waals surface area (Å²) in [6, 6.07) is 0. The third kappa shape index (κ3) is 1.64. The predicted molar refractivity (Wildman–Crippen MR) is 46.9 cm³/mol. The van der Waals surface area contributed by atoms with Gasteiger partial charge < -0.3 is 9.84 Å². The number of aliphatic hydroxyl groups is 1. The second-order valence-electron chi connectivity index (χ2n) is 4.14. The molecule has 2 fully saturated rings. The average Bonchev–Trinajstić information content (AvgIpc) is 2.81. The molecule has 0 aromatic rings. The molecular weight excluding hydrogens is 152 g/mol. The highest BCUT2D eigenvalue weighted by Gasteiger charge is 2.45. The fraction of sp³-hybridized carbons (Fsp3) is 1.00. The van der Waals surface area contributed by atoms with Crippen molar-refractivity contribution in [2.75, 3.05) is 0 Å². The van der Waals surface area contributed by atoms with Crippen LogP contribution >= 0.6 is 0 Å². The van der Waals surface area contributed by atoms with E-state index in [0.717, 1.165) is 19.3 Å². The predicted octanol–water partition coefficient (Wildman–Crippen LogP) is 1.71. The van der Waals surface area contributed by atoms with Crippen molar-refractivity contribution in [3.05, 3.63) is 0 Å². The van der Waals surface area contributed by atoms with Crippen molar-refractivity contribution in [1.82, 2.24) is 0 Å². The molecule has 1 saturated carbocycles. The number of hydrogen-bond donors (Lipinski definition) is 1. The van der Waals surface area contributed by atoms with Gasteiger partial charge in [0, 0.05) is 0 Å². The fourth-order valence-corrected chi connectivity index (χ4v) is 2.32. The maximum Gasteiger partial charge on any atom is 0.0845 e. The molecule has 0 spiro atoms. The van der Waals surface area contributed by atoms with Gasteiger partial charge in [-0.1, -0.05) is 13.3 Å². The Labute approximate surface area is 73.9 Å². The summed E-state index contributed by atoms with van der Waals surface area (Å²) in [7, 11) is 0. The lowest BCUT2D eigenvalue weighted by Gasteiger charge is -2.23. The van der Waals surface area contributed by atoms with Crippen molar-refractivity contribution >= 4 is 0 Å². The Balaban J connectivity index is 1.79. The number of hydrogen-bond acceptors (Lipinski definition) is 2. The van der Waals surface area contributed by atoms with Crippen LogP contribution in [0.3, 0.4) is 0 Å². The van der Waals surface area contributed by atoms with E-state index in [2.05, 4.69) is 6.92 Å². The summed E-state index contributed by atoms with van der Waals surface area (Å²) in [4.78, 5) is 0. The van der Waals surface area contributed by atoms with Gasteiger partial charge in [-0.25, -0.2) is 0 Å². The van der Waals surface area contributed by atoms with E-state index in [9.17, 15) is 5.11 Å². The van der Waals surface area contributed by atoms with E-state index in [-0.39, 0.29) is 6.10 Å². The topological polar surface area (TPSA) is 32.8 Å².